The summed E-state index contributed by atoms with van der Waals surface area (Å²) >= 11 is 0. The van der Waals surface area contributed by atoms with Crippen molar-refractivity contribution in [2.75, 3.05) is 19.8 Å². The molecule has 0 radical (unpaired) electrons. The maximum Gasteiger partial charge on any atom is 0.219 e. The molecular weight excluding hydrogens is 242 g/mol. The molecule has 0 unspecified atom stereocenters. The van der Waals surface area contributed by atoms with Crippen LogP contribution >= 0.6 is 0 Å². The molecule has 1 aliphatic carbocycles. The van der Waals surface area contributed by atoms with Crippen LogP contribution in [-0.2, 0) is 10.2 Å². The molecule has 102 valence electrons. The van der Waals surface area contributed by atoms with E-state index in [2.05, 4.69) is 17.4 Å². The number of ether oxygens (including phenoxy) is 2. The van der Waals surface area contributed by atoms with Crippen molar-refractivity contribution in [3.8, 4) is 11.5 Å². The lowest BCUT2D eigenvalue weighted by Gasteiger charge is -2.22. The Bertz CT molecular complexity index is 494. The lowest BCUT2D eigenvalue weighted by molar-refractivity contribution is -0.120. The number of rotatable bonds is 4. The van der Waals surface area contributed by atoms with Crippen LogP contribution in [0.25, 0.3) is 0 Å². The van der Waals surface area contributed by atoms with E-state index in [9.17, 15) is 4.79 Å². The van der Waals surface area contributed by atoms with Gasteiger partial charge in [-0.2, -0.15) is 0 Å². The molecule has 1 saturated carbocycles. The topological polar surface area (TPSA) is 47.6 Å². The third-order valence-corrected chi connectivity index (χ3v) is 3.95. The first-order chi connectivity index (χ1) is 9.23. The molecule has 4 nitrogen and oxygen atoms in total. The second-order valence-corrected chi connectivity index (χ2v) is 5.27. The van der Waals surface area contributed by atoms with Gasteiger partial charge in [0, 0.05) is 18.4 Å². The van der Waals surface area contributed by atoms with E-state index >= 15 is 0 Å². The SMILES string of the molecule is CCC(=O)NCC1(c2ccc3c(c2)OCCO3)CC1. The average Bonchev–Trinajstić information content (AvgIpc) is 3.25. The van der Waals surface area contributed by atoms with Crippen LogP contribution in [0.4, 0.5) is 0 Å². The van der Waals surface area contributed by atoms with Crippen LogP contribution < -0.4 is 14.8 Å². The van der Waals surface area contributed by atoms with Gasteiger partial charge in [0.2, 0.25) is 5.91 Å². The predicted octanol–water partition coefficient (Wildman–Crippen LogP) is 2.02. The van der Waals surface area contributed by atoms with Crippen LogP contribution in [0, 0.1) is 0 Å². The highest BCUT2D eigenvalue weighted by Gasteiger charge is 2.44. The molecule has 19 heavy (non-hydrogen) atoms. The summed E-state index contributed by atoms with van der Waals surface area (Å²) in [6.07, 6.45) is 2.78. The van der Waals surface area contributed by atoms with Gasteiger partial charge < -0.3 is 14.8 Å². The summed E-state index contributed by atoms with van der Waals surface area (Å²) in [6.45, 7) is 3.82. The number of fused-ring (bicyclic) bond motifs is 1. The smallest absolute Gasteiger partial charge is 0.219 e. The van der Waals surface area contributed by atoms with Crippen LogP contribution in [-0.4, -0.2) is 25.7 Å². The number of hydrogen-bond donors (Lipinski definition) is 1. The fourth-order valence-electron chi connectivity index (χ4n) is 2.48. The van der Waals surface area contributed by atoms with Gasteiger partial charge in [0.05, 0.1) is 0 Å². The molecule has 1 fully saturated rings. The zero-order valence-electron chi connectivity index (χ0n) is 11.2. The Hall–Kier alpha value is -1.71. The molecule has 1 aromatic carbocycles. The predicted molar refractivity (Wildman–Crippen MR) is 71.6 cm³/mol. The van der Waals surface area contributed by atoms with E-state index < -0.39 is 0 Å². The van der Waals surface area contributed by atoms with Crippen molar-refractivity contribution in [1.82, 2.24) is 5.32 Å². The number of carbonyl (C=O) groups excluding carboxylic acids is 1. The van der Waals surface area contributed by atoms with Crippen molar-refractivity contribution in [2.24, 2.45) is 0 Å². The second-order valence-electron chi connectivity index (χ2n) is 5.27. The van der Waals surface area contributed by atoms with E-state index in [0.29, 0.717) is 19.6 Å². The zero-order chi connectivity index (χ0) is 13.3. The Morgan fingerprint density at radius 2 is 2.00 bits per heavy atom. The molecule has 0 spiro atoms. The van der Waals surface area contributed by atoms with Gasteiger partial charge in [0.15, 0.2) is 11.5 Å². The fourth-order valence-corrected chi connectivity index (χ4v) is 2.48. The lowest BCUT2D eigenvalue weighted by Crippen LogP contribution is -2.31. The molecule has 1 aromatic rings. The number of amides is 1. The first kappa shape index (κ1) is 12.3. The normalized spacial score (nSPS) is 18.8. The first-order valence-electron chi connectivity index (χ1n) is 6.90. The summed E-state index contributed by atoms with van der Waals surface area (Å²) in [6, 6.07) is 6.14. The largest absolute Gasteiger partial charge is 0.486 e. The highest BCUT2D eigenvalue weighted by Crippen LogP contribution is 2.49. The first-order valence-corrected chi connectivity index (χ1v) is 6.90. The highest BCUT2D eigenvalue weighted by molar-refractivity contribution is 5.75. The number of hydrogen-bond acceptors (Lipinski definition) is 3. The van der Waals surface area contributed by atoms with E-state index in [-0.39, 0.29) is 11.3 Å². The molecule has 0 saturated heterocycles. The highest BCUT2D eigenvalue weighted by atomic mass is 16.6. The summed E-state index contributed by atoms with van der Waals surface area (Å²) in [4.78, 5) is 11.4. The summed E-state index contributed by atoms with van der Waals surface area (Å²) in [5.41, 5.74) is 1.36. The molecule has 0 aromatic heterocycles. The molecule has 2 aliphatic rings. The maximum atomic E-state index is 11.4. The van der Waals surface area contributed by atoms with Crippen molar-refractivity contribution in [2.45, 2.75) is 31.6 Å². The summed E-state index contributed by atoms with van der Waals surface area (Å²) in [5.74, 6) is 1.77. The van der Waals surface area contributed by atoms with Crippen LogP contribution in [0.15, 0.2) is 18.2 Å². The summed E-state index contributed by atoms with van der Waals surface area (Å²) in [5, 5.41) is 3.00. The van der Waals surface area contributed by atoms with Crippen LogP contribution in [0.5, 0.6) is 11.5 Å². The molecular formula is C15H19NO3. The van der Waals surface area contributed by atoms with E-state index in [4.69, 9.17) is 9.47 Å². The van der Waals surface area contributed by atoms with E-state index in [1.165, 1.54) is 5.56 Å². The monoisotopic (exact) mass is 261 g/mol. The van der Waals surface area contributed by atoms with Gasteiger partial charge in [0.1, 0.15) is 13.2 Å². The molecule has 1 heterocycles. The fraction of sp³-hybridized carbons (Fsp3) is 0.533. The summed E-state index contributed by atoms with van der Waals surface area (Å²) in [7, 11) is 0. The molecule has 1 amide bonds. The quantitative estimate of drug-likeness (QED) is 0.902. The van der Waals surface area contributed by atoms with Crippen molar-refractivity contribution >= 4 is 5.91 Å². The van der Waals surface area contributed by atoms with Gasteiger partial charge >= 0.3 is 0 Å². The number of benzene rings is 1. The van der Waals surface area contributed by atoms with Crippen LogP contribution in [0.3, 0.4) is 0 Å². The van der Waals surface area contributed by atoms with Crippen LogP contribution in [0.1, 0.15) is 31.7 Å². The zero-order valence-corrected chi connectivity index (χ0v) is 11.2. The van der Waals surface area contributed by atoms with Gasteiger partial charge in [-0.3, -0.25) is 4.79 Å². The van der Waals surface area contributed by atoms with E-state index in [0.717, 1.165) is 30.9 Å². The maximum absolute atomic E-state index is 11.4. The molecule has 3 rings (SSSR count). The van der Waals surface area contributed by atoms with Gasteiger partial charge in [-0.05, 0) is 30.5 Å². The van der Waals surface area contributed by atoms with E-state index in [1.54, 1.807) is 0 Å². The minimum atomic E-state index is 0.112. The van der Waals surface area contributed by atoms with E-state index in [1.807, 2.05) is 13.0 Å². The Morgan fingerprint density at radius 1 is 1.26 bits per heavy atom. The molecule has 0 atom stereocenters. The Balaban J connectivity index is 1.76. The van der Waals surface area contributed by atoms with Crippen molar-refractivity contribution < 1.29 is 14.3 Å². The third-order valence-electron chi connectivity index (χ3n) is 3.95. The Kier molecular flexibility index (Phi) is 3.09. The minimum Gasteiger partial charge on any atom is -0.486 e. The second kappa shape index (κ2) is 4.76. The minimum absolute atomic E-state index is 0.112. The van der Waals surface area contributed by atoms with Gasteiger partial charge in [0.25, 0.3) is 0 Å². The van der Waals surface area contributed by atoms with Gasteiger partial charge in [-0.25, -0.2) is 0 Å². The lowest BCUT2D eigenvalue weighted by atomic mass is 9.95. The molecule has 1 N–H and O–H groups in total. The van der Waals surface area contributed by atoms with Crippen LogP contribution in [0.2, 0.25) is 0 Å². The Morgan fingerprint density at radius 3 is 2.68 bits per heavy atom. The average molecular weight is 261 g/mol. The standard InChI is InChI=1S/C15H19NO3/c1-2-14(17)16-10-15(5-6-15)11-3-4-12-13(9-11)19-8-7-18-12/h3-4,9H,2,5-8,10H2,1H3,(H,16,17). The summed E-state index contributed by atoms with van der Waals surface area (Å²) < 4.78 is 11.2. The van der Waals surface area contributed by atoms with Gasteiger partial charge in [-0.15, -0.1) is 0 Å². The number of carbonyl (C=O) groups is 1. The van der Waals surface area contributed by atoms with Crippen molar-refractivity contribution in [3.63, 3.8) is 0 Å². The van der Waals surface area contributed by atoms with Gasteiger partial charge in [-0.1, -0.05) is 13.0 Å². The molecule has 4 heteroatoms. The Labute approximate surface area is 113 Å². The van der Waals surface area contributed by atoms with Crippen molar-refractivity contribution in [3.05, 3.63) is 23.8 Å². The van der Waals surface area contributed by atoms with Crippen molar-refractivity contribution in [1.29, 1.82) is 0 Å². The molecule has 0 bridgehead atoms. The third kappa shape index (κ3) is 2.39. The molecule has 1 aliphatic heterocycles. The number of nitrogens with one attached hydrogen (secondary N) is 1.